The van der Waals surface area contributed by atoms with Gasteiger partial charge in [-0.2, -0.15) is 0 Å². The molecule has 2 aliphatic heterocycles. The number of non-ortho nitro benzene ring substituents is 1. The lowest BCUT2D eigenvalue weighted by atomic mass is 9.55. The fraction of sp³-hybridized carbons (Fsp3) is 0.0870. The molecule has 4 aromatic rings. The van der Waals surface area contributed by atoms with Crippen molar-refractivity contribution in [2.75, 3.05) is 13.6 Å². The molecule has 0 aliphatic carbocycles. The summed E-state index contributed by atoms with van der Waals surface area (Å²) in [5.74, 6) is 2.97. The molecule has 0 spiro atoms. The predicted octanol–water partition coefficient (Wildman–Crippen LogP) is 2.79. The Kier molecular flexibility index (Phi) is 4.43. The molecule has 2 aliphatic rings. The summed E-state index contributed by atoms with van der Waals surface area (Å²) < 4.78 is 28.5. The number of nitro groups is 1. The molecule has 3 heterocycles. The van der Waals surface area contributed by atoms with Crippen molar-refractivity contribution in [1.29, 1.82) is 0 Å². The lowest BCUT2D eigenvalue weighted by molar-refractivity contribution is -0.383. The Bertz CT molecular complexity index is 1350. The van der Waals surface area contributed by atoms with Gasteiger partial charge in [0.25, 0.3) is 5.69 Å². The van der Waals surface area contributed by atoms with Crippen molar-refractivity contribution in [2.45, 2.75) is 0 Å². The van der Waals surface area contributed by atoms with Gasteiger partial charge in [0.2, 0.25) is 13.6 Å². The van der Waals surface area contributed by atoms with Gasteiger partial charge in [0, 0.05) is 12.3 Å². The first-order valence-corrected chi connectivity index (χ1v) is 10.2. The van der Waals surface area contributed by atoms with Gasteiger partial charge in [-0.1, -0.05) is 12.1 Å². The number of fused-ring (bicyclic) bond motifs is 3. The normalized spacial score (nSPS) is 13.2. The summed E-state index contributed by atoms with van der Waals surface area (Å²) >= 11 is 0. The van der Waals surface area contributed by atoms with Crippen LogP contribution in [0, 0.1) is 10.1 Å². The van der Waals surface area contributed by atoms with E-state index in [1.165, 1.54) is 6.07 Å². The highest BCUT2D eigenvalue weighted by atomic mass is 16.7. The number of pyridine rings is 1. The molecule has 10 heteroatoms. The van der Waals surface area contributed by atoms with Gasteiger partial charge in [-0.05, 0) is 53.4 Å². The zero-order chi connectivity index (χ0) is 22.4. The molecule has 1 aromatic heterocycles. The molecule has 0 saturated heterocycles. The van der Waals surface area contributed by atoms with Crippen LogP contribution >= 0.6 is 0 Å². The van der Waals surface area contributed by atoms with Gasteiger partial charge < -0.3 is 23.6 Å². The summed E-state index contributed by atoms with van der Waals surface area (Å²) in [7, 11) is 0. The van der Waals surface area contributed by atoms with E-state index in [1.807, 2.05) is 36.4 Å². The Balaban J connectivity index is 1.48. The minimum Gasteiger partial charge on any atom is -0.550 e. The Hall–Kier alpha value is -4.47. The Morgan fingerprint density at radius 1 is 0.848 bits per heavy atom. The lowest BCUT2D eigenvalue weighted by Crippen LogP contribution is -2.47. The number of nitrogens with zero attached hydrogens (tertiary/aromatic N) is 2. The highest BCUT2D eigenvalue weighted by Crippen LogP contribution is 2.34. The number of hydrogen-bond acceptors (Lipinski definition) is 8. The van der Waals surface area contributed by atoms with Crippen LogP contribution < -0.4 is 34.5 Å². The van der Waals surface area contributed by atoms with Gasteiger partial charge in [-0.3, -0.25) is 15.1 Å². The molecule has 0 atom stereocenters. The van der Waals surface area contributed by atoms with Gasteiger partial charge in [-0.15, -0.1) is 0 Å². The summed E-state index contributed by atoms with van der Waals surface area (Å²) in [5.41, 5.74) is 1.98. The molecule has 6 rings (SSSR count). The Morgan fingerprint density at radius 3 is 2.12 bits per heavy atom. The van der Waals surface area contributed by atoms with Gasteiger partial charge in [0.15, 0.2) is 23.0 Å². The first-order valence-electron chi connectivity index (χ1n) is 10.2. The second-order valence-corrected chi connectivity index (χ2v) is 7.46. The third-order valence-corrected chi connectivity index (χ3v) is 5.55. The standard InChI is InChI=1S/C23H15BN2O7/c27-26(28)17-5-8-20(23-16(17)2-1-9-25-23)33-24(14-3-6-18-21(10-14)31-12-29-18)15-4-7-19-22(11-15)32-13-30-19/h1-11H,12-13H2. The minimum atomic E-state index is -0.583. The van der Waals surface area contributed by atoms with Gasteiger partial charge in [0.05, 0.1) is 10.3 Å². The number of benzene rings is 3. The minimum absolute atomic E-state index is 0.0341. The topological polar surface area (TPSA) is 102 Å². The van der Waals surface area contributed by atoms with Gasteiger partial charge in [0.1, 0.15) is 11.3 Å². The fourth-order valence-electron chi connectivity index (χ4n) is 3.99. The third kappa shape index (κ3) is 3.32. The quantitative estimate of drug-likeness (QED) is 0.264. The van der Waals surface area contributed by atoms with Crippen molar-refractivity contribution in [1.82, 2.24) is 4.98 Å². The molecule has 0 fully saturated rings. The zero-order valence-corrected chi connectivity index (χ0v) is 17.1. The Morgan fingerprint density at radius 2 is 1.48 bits per heavy atom. The van der Waals surface area contributed by atoms with Crippen LogP contribution in [0.1, 0.15) is 0 Å². The summed E-state index contributed by atoms with van der Waals surface area (Å²) in [6.45, 7) is -0.267. The smallest absolute Gasteiger partial charge is 0.426 e. The van der Waals surface area contributed by atoms with E-state index in [1.54, 1.807) is 24.4 Å². The van der Waals surface area contributed by atoms with Gasteiger partial charge in [-0.25, -0.2) is 0 Å². The van der Waals surface area contributed by atoms with E-state index in [9.17, 15) is 10.1 Å². The molecule has 0 unspecified atom stereocenters. The third-order valence-electron chi connectivity index (χ3n) is 5.55. The molecule has 162 valence electrons. The number of hydrogen-bond donors (Lipinski definition) is 0. The molecule has 9 nitrogen and oxygen atoms in total. The maximum Gasteiger partial charge on any atom is 0.426 e. The fourth-order valence-corrected chi connectivity index (χ4v) is 3.99. The summed E-state index contributed by atoms with van der Waals surface area (Å²) in [6.07, 6.45) is 1.58. The Labute approximate surface area is 187 Å². The highest BCUT2D eigenvalue weighted by Gasteiger charge is 2.30. The van der Waals surface area contributed by atoms with Gasteiger partial charge >= 0.3 is 6.92 Å². The van der Waals surface area contributed by atoms with Crippen molar-refractivity contribution < 1.29 is 28.5 Å². The maximum absolute atomic E-state index is 11.5. The van der Waals surface area contributed by atoms with Crippen molar-refractivity contribution in [3.63, 3.8) is 0 Å². The van der Waals surface area contributed by atoms with Crippen molar-refractivity contribution in [3.8, 4) is 28.7 Å². The lowest BCUT2D eigenvalue weighted by Gasteiger charge is -2.18. The number of nitro benzene ring substituents is 1. The van der Waals surface area contributed by atoms with Crippen molar-refractivity contribution in [2.24, 2.45) is 0 Å². The van der Waals surface area contributed by atoms with Crippen LogP contribution in [0.2, 0.25) is 0 Å². The predicted molar refractivity (Wildman–Crippen MR) is 119 cm³/mol. The maximum atomic E-state index is 11.5. The second-order valence-electron chi connectivity index (χ2n) is 7.46. The SMILES string of the molecule is O=[N+]([O-])c1ccc(OB(c2ccc3c(c2)OCO3)c2ccc3c(c2)OCO3)c2ncccc12. The molecule has 0 bridgehead atoms. The van der Waals surface area contributed by atoms with E-state index in [2.05, 4.69) is 4.98 Å². The van der Waals surface area contributed by atoms with E-state index in [-0.39, 0.29) is 19.3 Å². The van der Waals surface area contributed by atoms with E-state index >= 15 is 0 Å². The van der Waals surface area contributed by atoms with Crippen LogP contribution in [0.3, 0.4) is 0 Å². The summed E-state index contributed by atoms with van der Waals surface area (Å²) in [4.78, 5) is 15.4. The first kappa shape index (κ1) is 19.2. The van der Waals surface area contributed by atoms with E-state index in [0.29, 0.717) is 39.7 Å². The van der Waals surface area contributed by atoms with E-state index in [0.717, 1.165) is 10.9 Å². The molecule has 0 amide bonds. The number of aromatic nitrogens is 1. The number of rotatable bonds is 5. The highest BCUT2D eigenvalue weighted by molar-refractivity contribution is 6.80. The van der Waals surface area contributed by atoms with Crippen molar-refractivity contribution >= 4 is 34.4 Å². The summed E-state index contributed by atoms with van der Waals surface area (Å²) in [6, 6.07) is 17.5. The van der Waals surface area contributed by atoms with Crippen molar-refractivity contribution in [3.05, 3.63) is 77.0 Å². The van der Waals surface area contributed by atoms with E-state index in [4.69, 9.17) is 23.6 Å². The average Bonchev–Trinajstić information content (AvgIpc) is 3.50. The average molecular weight is 442 g/mol. The largest absolute Gasteiger partial charge is 0.550 e. The molecular formula is C23H15BN2O7. The molecule has 0 N–H and O–H groups in total. The number of ether oxygens (including phenoxy) is 4. The monoisotopic (exact) mass is 442 g/mol. The van der Waals surface area contributed by atoms with Crippen LogP contribution in [-0.2, 0) is 0 Å². The molecule has 33 heavy (non-hydrogen) atoms. The van der Waals surface area contributed by atoms with Crippen LogP contribution in [0.25, 0.3) is 10.9 Å². The van der Waals surface area contributed by atoms with Crippen LogP contribution in [0.15, 0.2) is 66.9 Å². The molecule has 0 saturated carbocycles. The molecule has 3 aromatic carbocycles. The van der Waals surface area contributed by atoms with Crippen LogP contribution in [0.5, 0.6) is 28.7 Å². The van der Waals surface area contributed by atoms with Crippen LogP contribution in [-0.4, -0.2) is 30.4 Å². The first-order chi connectivity index (χ1) is 16.2. The second kappa shape index (κ2) is 7.59. The summed E-state index contributed by atoms with van der Waals surface area (Å²) in [5, 5.41) is 11.9. The zero-order valence-electron chi connectivity index (χ0n) is 17.1. The molecule has 0 radical (unpaired) electrons. The molecular weight excluding hydrogens is 427 g/mol. The van der Waals surface area contributed by atoms with Crippen LogP contribution in [0.4, 0.5) is 5.69 Å². The van der Waals surface area contributed by atoms with E-state index < -0.39 is 11.8 Å².